The van der Waals surface area contributed by atoms with Gasteiger partial charge in [-0.1, -0.05) is 11.6 Å². The van der Waals surface area contributed by atoms with Crippen LogP contribution in [0.15, 0.2) is 16.7 Å². The number of aromatic nitrogens is 1. The molecule has 0 aliphatic rings. The Balaban J connectivity index is 2.41. The van der Waals surface area contributed by atoms with Gasteiger partial charge in [0.25, 0.3) is 5.91 Å². The van der Waals surface area contributed by atoms with E-state index in [1.54, 1.807) is 12.3 Å². The molecule has 0 radical (unpaired) electrons. The van der Waals surface area contributed by atoms with Gasteiger partial charge in [-0.25, -0.2) is 4.98 Å². The van der Waals surface area contributed by atoms with Crippen LogP contribution >= 0.6 is 27.5 Å². The standard InChI is InChI=1S/C13H19BrClN3O/c1-9(2)18(3)6-4-5-16-13(19)11-7-10(14)8-17-12(11)15/h7-9H,4-6H2,1-3H3,(H,16,19). The second-order valence-corrected chi connectivity index (χ2v) is 5.95. The number of carbonyl (C=O) groups excluding carboxylic acids is 1. The van der Waals surface area contributed by atoms with Gasteiger partial charge in [-0.3, -0.25) is 4.79 Å². The highest BCUT2D eigenvalue weighted by Crippen LogP contribution is 2.17. The number of hydrogen-bond acceptors (Lipinski definition) is 3. The zero-order valence-corrected chi connectivity index (χ0v) is 13.8. The first-order chi connectivity index (χ1) is 8.91. The van der Waals surface area contributed by atoms with Crippen molar-refractivity contribution in [2.45, 2.75) is 26.3 Å². The van der Waals surface area contributed by atoms with Gasteiger partial charge in [0.2, 0.25) is 0 Å². The number of nitrogens with zero attached hydrogens (tertiary/aromatic N) is 2. The third kappa shape index (κ3) is 5.47. The minimum Gasteiger partial charge on any atom is -0.352 e. The maximum atomic E-state index is 11.9. The molecule has 1 N–H and O–H groups in total. The Morgan fingerprint density at radius 3 is 2.89 bits per heavy atom. The monoisotopic (exact) mass is 347 g/mol. The molecule has 106 valence electrons. The largest absolute Gasteiger partial charge is 0.352 e. The zero-order chi connectivity index (χ0) is 14.4. The molecule has 6 heteroatoms. The van der Waals surface area contributed by atoms with Crippen LogP contribution in [-0.2, 0) is 0 Å². The van der Waals surface area contributed by atoms with Gasteiger partial charge in [-0.2, -0.15) is 0 Å². The lowest BCUT2D eigenvalue weighted by atomic mass is 10.2. The zero-order valence-electron chi connectivity index (χ0n) is 11.4. The summed E-state index contributed by atoms with van der Waals surface area (Å²) in [6.45, 7) is 5.86. The van der Waals surface area contributed by atoms with Crippen LogP contribution in [0.1, 0.15) is 30.6 Å². The summed E-state index contributed by atoms with van der Waals surface area (Å²) in [5.41, 5.74) is 0.397. The highest BCUT2D eigenvalue weighted by Gasteiger charge is 2.11. The summed E-state index contributed by atoms with van der Waals surface area (Å²) in [4.78, 5) is 18.1. The third-order valence-corrected chi connectivity index (χ3v) is 3.64. The Morgan fingerprint density at radius 2 is 2.26 bits per heavy atom. The Hall–Kier alpha value is -0.650. The minimum atomic E-state index is -0.189. The van der Waals surface area contributed by atoms with Gasteiger partial charge >= 0.3 is 0 Å². The van der Waals surface area contributed by atoms with Crippen molar-refractivity contribution in [1.29, 1.82) is 0 Å². The maximum Gasteiger partial charge on any atom is 0.254 e. The highest BCUT2D eigenvalue weighted by atomic mass is 79.9. The highest BCUT2D eigenvalue weighted by molar-refractivity contribution is 9.10. The molecule has 0 bridgehead atoms. The fraction of sp³-hybridized carbons (Fsp3) is 0.538. The van der Waals surface area contributed by atoms with E-state index in [0.29, 0.717) is 18.2 Å². The van der Waals surface area contributed by atoms with Gasteiger partial charge in [0.15, 0.2) is 0 Å². The predicted molar refractivity (Wildman–Crippen MR) is 81.7 cm³/mol. The van der Waals surface area contributed by atoms with Crippen LogP contribution in [0.3, 0.4) is 0 Å². The molecule has 4 nitrogen and oxygen atoms in total. The van der Waals surface area contributed by atoms with E-state index in [2.05, 4.69) is 52.0 Å². The normalized spacial score (nSPS) is 11.1. The number of amides is 1. The molecule has 0 saturated heterocycles. The van der Waals surface area contributed by atoms with Gasteiger partial charge in [-0.05, 0) is 55.9 Å². The number of nitrogens with one attached hydrogen (secondary N) is 1. The molecule has 0 spiro atoms. The van der Waals surface area contributed by atoms with Crippen molar-refractivity contribution < 1.29 is 4.79 Å². The van der Waals surface area contributed by atoms with Crippen LogP contribution in [0.25, 0.3) is 0 Å². The van der Waals surface area contributed by atoms with Crippen LogP contribution in [-0.4, -0.2) is 42.0 Å². The molecular formula is C13H19BrClN3O. The first kappa shape index (κ1) is 16.4. The predicted octanol–water partition coefficient (Wildman–Crippen LogP) is 2.96. The summed E-state index contributed by atoms with van der Waals surface area (Å²) >= 11 is 9.17. The Bertz CT molecular complexity index is 440. The van der Waals surface area contributed by atoms with Crippen molar-refractivity contribution >= 4 is 33.4 Å². The average Bonchev–Trinajstić information content (AvgIpc) is 2.36. The van der Waals surface area contributed by atoms with Crippen LogP contribution in [0.5, 0.6) is 0 Å². The summed E-state index contributed by atoms with van der Waals surface area (Å²) in [7, 11) is 2.07. The van der Waals surface area contributed by atoms with E-state index < -0.39 is 0 Å². The Labute approximate surface area is 127 Å². The molecule has 0 aliphatic carbocycles. The minimum absolute atomic E-state index is 0.189. The molecule has 0 aromatic carbocycles. The van der Waals surface area contributed by atoms with Crippen molar-refractivity contribution in [3.05, 3.63) is 27.5 Å². The Morgan fingerprint density at radius 1 is 1.58 bits per heavy atom. The van der Waals surface area contributed by atoms with Crippen LogP contribution in [0.2, 0.25) is 5.15 Å². The first-order valence-electron chi connectivity index (χ1n) is 6.21. The molecule has 1 aromatic rings. The fourth-order valence-electron chi connectivity index (χ4n) is 1.47. The molecule has 1 aromatic heterocycles. The van der Waals surface area contributed by atoms with E-state index in [4.69, 9.17) is 11.6 Å². The lowest BCUT2D eigenvalue weighted by Gasteiger charge is -2.20. The van der Waals surface area contributed by atoms with Gasteiger partial charge in [0.1, 0.15) is 5.15 Å². The molecule has 1 heterocycles. The average molecular weight is 349 g/mol. The summed E-state index contributed by atoms with van der Waals surface area (Å²) in [5.74, 6) is -0.189. The van der Waals surface area contributed by atoms with E-state index in [-0.39, 0.29) is 11.1 Å². The van der Waals surface area contributed by atoms with Gasteiger partial charge < -0.3 is 10.2 Å². The second-order valence-electron chi connectivity index (χ2n) is 4.68. The van der Waals surface area contributed by atoms with Crippen LogP contribution in [0.4, 0.5) is 0 Å². The van der Waals surface area contributed by atoms with E-state index >= 15 is 0 Å². The smallest absolute Gasteiger partial charge is 0.254 e. The van der Waals surface area contributed by atoms with E-state index in [9.17, 15) is 4.79 Å². The topological polar surface area (TPSA) is 45.2 Å². The summed E-state index contributed by atoms with van der Waals surface area (Å²) in [5, 5.41) is 3.07. The number of rotatable bonds is 6. The molecule has 1 rings (SSSR count). The molecule has 0 aliphatic heterocycles. The molecule has 1 amide bonds. The molecule has 0 fully saturated rings. The SMILES string of the molecule is CC(C)N(C)CCCNC(=O)c1cc(Br)cnc1Cl. The van der Waals surface area contributed by atoms with E-state index in [1.807, 2.05) is 0 Å². The second kappa shape index (κ2) is 7.82. The lowest BCUT2D eigenvalue weighted by Crippen LogP contribution is -2.31. The van der Waals surface area contributed by atoms with Crippen molar-refractivity contribution in [1.82, 2.24) is 15.2 Å². The molecule has 0 saturated carbocycles. The Kier molecular flexibility index (Phi) is 6.75. The molecular weight excluding hydrogens is 330 g/mol. The third-order valence-electron chi connectivity index (χ3n) is 2.91. The molecule has 0 atom stereocenters. The summed E-state index contributed by atoms with van der Waals surface area (Å²) in [6.07, 6.45) is 2.47. The first-order valence-corrected chi connectivity index (χ1v) is 7.38. The van der Waals surface area contributed by atoms with Gasteiger partial charge in [0.05, 0.1) is 5.56 Å². The van der Waals surface area contributed by atoms with E-state index in [1.165, 1.54) is 0 Å². The van der Waals surface area contributed by atoms with Crippen LogP contribution < -0.4 is 5.32 Å². The van der Waals surface area contributed by atoms with Crippen molar-refractivity contribution in [3.63, 3.8) is 0 Å². The van der Waals surface area contributed by atoms with Gasteiger partial charge in [0, 0.05) is 23.3 Å². The summed E-state index contributed by atoms with van der Waals surface area (Å²) in [6, 6.07) is 2.18. The summed E-state index contributed by atoms with van der Waals surface area (Å²) < 4.78 is 0.738. The van der Waals surface area contributed by atoms with Crippen molar-refractivity contribution in [2.24, 2.45) is 0 Å². The van der Waals surface area contributed by atoms with Crippen molar-refractivity contribution in [2.75, 3.05) is 20.1 Å². The van der Waals surface area contributed by atoms with Crippen molar-refractivity contribution in [3.8, 4) is 0 Å². The number of carbonyl (C=O) groups is 1. The lowest BCUT2D eigenvalue weighted by molar-refractivity contribution is 0.0951. The quantitative estimate of drug-likeness (QED) is 0.635. The van der Waals surface area contributed by atoms with E-state index in [0.717, 1.165) is 17.4 Å². The molecule has 19 heavy (non-hydrogen) atoms. The van der Waals surface area contributed by atoms with Gasteiger partial charge in [-0.15, -0.1) is 0 Å². The number of hydrogen-bond donors (Lipinski definition) is 1. The molecule has 0 unspecified atom stereocenters. The van der Waals surface area contributed by atoms with Crippen LogP contribution in [0, 0.1) is 0 Å². The number of halogens is 2. The maximum absolute atomic E-state index is 11.9. The fourth-order valence-corrected chi connectivity index (χ4v) is 1.99. The number of pyridine rings is 1.